The normalized spacial score (nSPS) is 16.9. The van der Waals surface area contributed by atoms with Crippen molar-refractivity contribution < 1.29 is 23.1 Å². The highest BCUT2D eigenvalue weighted by atomic mass is 32.1. The number of hydrogen-bond acceptors (Lipinski definition) is 5. The van der Waals surface area contributed by atoms with Crippen molar-refractivity contribution in [1.29, 1.82) is 0 Å². The third kappa shape index (κ3) is 3.66. The number of rotatable bonds is 6. The second-order valence-corrected chi connectivity index (χ2v) is 8.92. The molecule has 1 aromatic carbocycles. The van der Waals surface area contributed by atoms with E-state index in [-0.39, 0.29) is 12.6 Å². The number of alkyl halides is 3. The molecule has 4 nitrogen and oxygen atoms in total. The van der Waals surface area contributed by atoms with E-state index < -0.39 is 29.1 Å². The van der Waals surface area contributed by atoms with E-state index in [1.54, 1.807) is 24.3 Å². The smallest absolute Gasteiger partial charge is 0.374 e. The summed E-state index contributed by atoms with van der Waals surface area (Å²) in [5.41, 5.74) is -2.94. The van der Waals surface area contributed by atoms with Crippen LogP contribution in [0.2, 0.25) is 0 Å². The summed E-state index contributed by atoms with van der Waals surface area (Å²) in [7, 11) is 0. The molecule has 1 amide bonds. The number of nitrogens with zero attached hydrogens (tertiary/aromatic N) is 2. The number of fused-ring (bicyclic) bond motifs is 1. The van der Waals surface area contributed by atoms with Gasteiger partial charge in [-0.2, -0.15) is 13.2 Å². The van der Waals surface area contributed by atoms with E-state index in [0.717, 1.165) is 29.1 Å². The fourth-order valence-corrected chi connectivity index (χ4v) is 4.82. The van der Waals surface area contributed by atoms with Crippen LogP contribution >= 0.6 is 22.7 Å². The maximum Gasteiger partial charge on any atom is 0.424 e. The number of aromatic nitrogens is 1. The van der Waals surface area contributed by atoms with Crippen molar-refractivity contribution in [3.05, 3.63) is 51.7 Å². The molecule has 9 heteroatoms. The number of hydrogen-bond donors (Lipinski definition) is 1. The van der Waals surface area contributed by atoms with Crippen molar-refractivity contribution in [3.8, 4) is 0 Å². The maximum atomic E-state index is 13.9. The molecule has 1 atom stereocenters. The molecule has 28 heavy (non-hydrogen) atoms. The van der Waals surface area contributed by atoms with Crippen LogP contribution in [0.25, 0.3) is 10.2 Å². The molecule has 0 radical (unpaired) electrons. The lowest BCUT2D eigenvalue weighted by molar-refractivity contribution is -0.268. The number of thiophene rings is 1. The van der Waals surface area contributed by atoms with E-state index in [0.29, 0.717) is 10.2 Å². The maximum absolute atomic E-state index is 13.9. The molecule has 1 aliphatic rings. The van der Waals surface area contributed by atoms with Crippen molar-refractivity contribution in [2.45, 2.75) is 43.6 Å². The van der Waals surface area contributed by atoms with Gasteiger partial charge >= 0.3 is 6.18 Å². The Kier molecular flexibility index (Phi) is 4.93. The van der Waals surface area contributed by atoms with Gasteiger partial charge in [0.25, 0.3) is 0 Å². The zero-order chi connectivity index (χ0) is 19.9. The van der Waals surface area contributed by atoms with E-state index in [1.807, 2.05) is 17.5 Å². The summed E-state index contributed by atoms with van der Waals surface area (Å²) in [6, 6.07) is 10.2. The molecule has 1 saturated carbocycles. The Balaban J connectivity index is 1.64. The van der Waals surface area contributed by atoms with Crippen LogP contribution < -0.4 is 0 Å². The fraction of sp³-hybridized carbons (Fsp3) is 0.368. The van der Waals surface area contributed by atoms with Crippen molar-refractivity contribution in [2.75, 3.05) is 0 Å². The largest absolute Gasteiger partial charge is 0.424 e. The molecule has 4 rings (SSSR count). The van der Waals surface area contributed by atoms with Gasteiger partial charge in [-0.25, -0.2) is 4.98 Å². The van der Waals surface area contributed by atoms with Gasteiger partial charge in [0.05, 0.1) is 23.2 Å². The van der Waals surface area contributed by atoms with E-state index in [2.05, 4.69) is 4.98 Å². The van der Waals surface area contributed by atoms with Gasteiger partial charge in [0.15, 0.2) is 0 Å². The SMILES string of the molecule is O=C(CC(O)(c1nc2ccccc2s1)C(F)(F)F)N(Cc1cccs1)C1CC1. The molecule has 1 aliphatic carbocycles. The molecule has 0 aliphatic heterocycles. The van der Waals surface area contributed by atoms with Gasteiger partial charge < -0.3 is 10.0 Å². The topological polar surface area (TPSA) is 53.4 Å². The van der Waals surface area contributed by atoms with Crippen LogP contribution in [0, 0.1) is 0 Å². The highest BCUT2D eigenvalue weighted by Crippen LogP contribution is 2.45. The van der Waals surface area contributed by atoms with E-state index in [1.165, 1.54) is 16.2 Å². The zero-order valence-corrected chi connectivity index (χ0v) is 16.3. The third-order valence-corrected chi connectivity index (χ3v) is 6.79. The number of benzene rings is 1. The molecule has 0 bridgehead atoms. The van der Waals surface area contributed by atoms with Gasteiger partial charge in [-0.05, 0) is 36.4 Å². The van der Waals surface area contributed by atoms with Gasteiger partial charge in [-0.3, -0.25) is 4.79 Å². The van der Waals surface area contributed by atoms with Gasteiger partial charge in [-0.1, -0.05) is 18.2 Å². The van der Waals surface area contributed by atoms with Crippen molar-refractivity contribution in [3.63, 3.8) is 0 Å². The van der Waals surface area contributed by atoms with Crippen LogP contribution in [0.4, 0.5) is 13.2 Å². The summed E-state index contributed by atoms with van der Waals surface area (Å²) in [5.74, 6) is -0.713. The number of amides is 1. The Hall–Kier alpha value is -1.97. The minimum atomic E-state index is -5.02. The summed E-state index contributed by atoms with van der Waals surface area (Å²) in [6.45, 7) is 0.259. The van der Waals surface area contributed by atoms with Crippen molar-refractivity contribution in [1.82, 2.24) is 9.88 Å². The Labute approximate surface area is 167 Å². The first-order valence-corrected chi connectivity index (χ1v) is 10.4. The molecule has 1 fully saturated rings. The Morgan fingerprint density at radius 1 is 1.21 bits per heavy atom. The minimum absolute atomic E-state index is 0.0672. The second kappa shape index (κ2) is 7.13. The van der Waals surface area contributed by atoms with Crippen LogP contribution in [0.3, 0.4) is 0 Å². The van der Waals surface area contributed by atoms with Crippen molar-refractivity contribution in [2.24, 2.45) is 0 Å². The van der Waals surface area contributed by atoms with Gasteiger partial charge in [0, 0.05) is 10.9 Å². The number of thiazole rings is 1. The molecule has 3 aromatic rings. The van der Waals surface area contributed by atoms with Crippen LogP contribution in [0.1, 0.15) is 29.1 Å². The molecule has 148 valence electrons. The minimum Gasteiger partial charge on any atom is -0.374 e. The van der Waals surface area contributed by atoms with Crippen LogP contribution in [0.5, 0.6) is 0 Å². The molecule has 0 spiro atoms. The van der Waals surface area contributed by atoms with Gasteiger partial charge in [-0.15, -0.1) is 22.7 Å². The predicted molar refractivity (Wildman–Crippen MR) is 102 cm³/mol. The molecule has 1 N–H and O–H groups in total. The highest BCUT2D eigenvalue weighted by molar-refractivity contribution is 7.18. The summed E-state index contributed by atoms with van der Waals surface area (Å²) < 4.78 is 42.2. The van der Waals surface area contributed by atoms with E-state index in [9.17, 15) is 23.1 Å². The number of para-hydroxylation sites is 1. The summed E-state index contributed by atoms with van der Waals surface area (Å²) in [4.78, 5) is 19.2. The lowest BCUT2D eigenvalue weighted by atomic mass is 9.98. The Morgan fingerprint density at radius 3 is 2.57 bits per heavy atom. The summed E-state index contributed by atoms with van der Waals surface area (Å²) >= 11 is 2.21. The quantitative estimate of drug-likeness (QED) is 0.622. The Morgan fingerprint density at radius 2 is 1.96 bits per heavy atom. The standard InChI is InChI=1S/C19H17F3N2O2S2/c20-19(21,22)18(26,17-23-14-5-1-2-6-15(14)28-17)10-16(25)24(12-7-8-12)11-13-4-3-9-27-13/h1-6,9,12,26H,7-8,10-11H2. The number of halogens is 3. The lowest BCUT2D eigenvalue weighted by Crippen LogP contribution is -2.47. The lowest BCUT2D eigenvalue weighted by Gasteiger charge is -2.31. The van der Waals surface area contributed by atoms with Crippen LogP contribution in [-0.2, 0) is 16.9 Å². The van der Waals surface area contributed by atoms with Gasteiger partial charge in [0.1, 0.15) is 5.01 Å². The number of aliphatic hydroxyl groups is 1. The first-order chi connectivity index (χ1) is 13.3. The van der Waals surface area contributed by atoms with Gasteiger partial charge in [0.2, 0.25) is 11.5 Å². The summed E-state index contributed by atoms with van der Waals surface area (Å²) in [6.07, 6.45) is -4.56. The molecule has 2 heterocycles. The molecular formula is C19H17F3N2O2S2. The number of carbonyl (C=O) groups excluding carboxylic acids is 1. The molecule has 1 unspecified atom stereocenters. The zero-order valence-electron chi connectivity index (χ0n) is 14.6. The predicted octanol–water partition coefficient (Wildman–Crippen LogP) is 4.69. The van der Waals surface area contributed by atoms with Crippen LogP contribution in [-0.4, -0.2) is 33.1 Å². The molecule has 2 aromatic heterocycles. The number of carbonyl (C=O) groups is 1. The average Bonchev–Trinajstić information content (AvgIpc) is 3.17. The fourth-order valence-electron chi connectivity index (χ4n) is 3.04. The average molecular weight is 426 g/mol. The molecule has 0 saturated heterocycles. The second-order valence-electron chi connectivity index (χ2n) is 6.85. The highest BCUT2D eigenvalue weighted by Gasteiger charge is 2.59. The Bertz CT molecular complexity index is 950. The molecular weight excluding hydrogens is 409 g/mol. The summed E-state index contributed by atoms with van der Waals surface area (Å²) in [5, 5.41) is 12.0. The first-order valence-electron chi connectivity index (χ1n) is 8.75. The first kappa shape index (κ1) is 19.4. The third-order valence-electron chi connectivity index (χ3n) is 4.74. The van der Waals surface area contributed by atoms with E-state index >= 15 is 0 Å². The van der Waals surface area contributed by atoms with Crippen molar-refractivity contribution >= 4 is 38.8 Å². The monoisotopic (exact) mass is 426 g/mol. The van der Waals surface area contributed by atoms with E-state index in [4.69, 9.17) is 0 Å². The van der Waals surface area contributed by atoms with Crippen LogP contribution in [0.15, 0.2) is 41.8 Å².